The van der Waals surface area contributed by atoms with Gasteiger partial charge in [-0.2, -0.15) is 0 Å². The fourth-order valence-electron chi connectivity index (χ4n) is 3.74. The maximum atomic E-state index is 12.9. The van der Waals surface area contributed by atoms with Gasteiger partial charge in [-0.25, -0.2) is 0 Å². The summed E-state index contributed by atoms with van der Waals surface area (Å²) in [6, 6.07) is 11.0. The number of fused-ring (bicyclic) bond motifs is 1. The van der Waals surface area contributed by atoms with Crippen molar-refractivity contribution in [1.29, 1.82) is 0 Å². The maximum Gasteiger partial charge on any atom is 0.262 e. The number of amides is 1. The summed E-state index contributed by atoms with van der Waals surface area (Å²) in [6.07, 6.45) is 8.35. The molecule has 3 heterocycles. The molecule has 30 heavy (non-hydrogen) atoms. The average molecular weight is 444 g/mol. The third kappa shape index (κ3) is 4.86. The molecule has 0 aliphatic carbocycles. The first-order valence-electron chi connectivity index (χ1n) is 10.1. The minimum atomic E-state index is -0.190. The quantitative estimate of drug-likeness (QED) is 0.455. The number of unbranched alkanes of at least 4 members (excludes halogenated alkanes) is 1. The number of halogens is 2. The Hall–Kier alpha value is -2.34. The van der Waals surface area contributed by atoms with Gasteiger partial charge in [-0.1, -0.05) is 35.3 Å². The van der Waals surface area contributed by atoms with Crippen LogP contribution in [-0.4, -0.2) is 46.9 Å². The van der Waals surface area contributed by atoms with Crippen LogP contribution in [0.1, 0.15) is 35.3 Å². The van der Waals surface area contributed by atoms with Crippen LogP contribution in [0.15, 0.2) is 60.1 Å². The summed E-state index contributed by atoms with van der Waals surface area (Å²) >= 11 is 12.4. The molecular formula is C23H23Cl2N3O2. The standard InChI is InChI=1S/C23H23Cl2N3O2/c24-18-8-9-21-19(14-18)23(29)28(22(25)16-30-21)13-4-3-11-27-12-5-6-17(15-27)20-7-1-2-10-26-20/h1-2,6-10,14,16H,3-5,11-13,15H2. The SMILES string of the molecule is O=C1c2cc(Cl)ccc2OC=C(Cl)N1CCCCN1CCC=C(c2ccccn2)C1. The molecule has 1 aromatic heterocycles. The number of rotatable bonds is 6. The Bertz CT molecular complexity index is 976. The Morgan fingerprint density at radius 3 is 2.80 bits per heavy atom. The van der Waals surface area contributed by atoms with Crippen LogP contribution in [-0.2, 0) is 0 Å². The number of carbonyl (C=O) groups excluding carboxylic acids is 1. The van der Waals surface area contributed by atoms with Crippen LogP contribution in [0.25, 0.3) is 5.57 Å². The van der Waals surface area contributed by atoms with E-state index < -0.39 is 0 Å². The molecule has 0 bridgehead atoms. The van der Waals surface area contributed by atoms with Gasteiger partial charge in [-0.3, -0.25) is 19.6 Å². The van der Waals surface area contributed by atoms with Gasteiger partial charge in [-0.05, 0) is 61.7 Å². The first-order valence-corrected chi connectivity index (χ1v) is 10.8. The number of ether oxygens (including phenoxy) is 1. The van der Waals surface area contributed by atoms with Gasteiger partial charge in [0.15, 0.2) is 0 Å². The van der Waals surface area contributed by atoms with Gasteiger partial charge < -0.3 is 4.74 Å². The maximum absolute atomic E-state index is 12.9. The van der Waals surface area contributed by atoms with Crippen LogP contribution >= 0.6 is 23.2 Å². The first-order chi connectivity index (χ1) is 14.6. The molecule has 2 aliphatic rings. The van der Waals surface area contributed by atoms with Crippen molar-refractivity contribution in [3.05, 3.63) is 76.4 Å². The number of hydrogen-bond acceptors (Lipinski definition) is 4. The molecule has 156 valence electrons. The van der Waals surface area contributed by atoms with E-state index in [2.05, 4.69) is 22.0 Å². The second kappa shape index (κ2) is 9.65. The van der Waals surface area contributed by atoms with Crippen molar-refractivity contribution >= 4 is 34.7 Å². The van der Waals surface area contributed by atoms with Crippen molar-refractivity contribution < 1.29 is 9.53 Å². The Balaban J connectivity index is 1.31. The van der Waals surface area contributed by atoms with Crippen molar-refractivity contribution in [3.63, 3.8) is 0 Å². The van der Waals surface area contributed by atoms with Crippen molar-refractivity contribution in [1.82, 2.24) is 14.8 Å². The van der Waals surface area contributed by atoms with Crippen LogP contribution in [0.4, 0.5) is 0 Å². The van der Waals surface area contributed by atoms with Crippen LogP contribution in [0.2, 0.25) is 5.02 Å². The fourth-order valence-corrected chi connectivity index (χ4v) is 4.12. The zero-order valence-corrected chi connectivity index (χ0v) is 18.1. The van der Waals surface area contributed by atoms with Gasteiger partial charge in [0, 0.05) is 30.9 Å². The molecule has 1 amide bonds. The molecule has 0 unspecified atom stereocenters. The topological polar surface area (TPSA) is 45.7 Å². The minimum Gasteiger partial charge on any atom is -0.461 e. The number of carbonyl (C=O) groups is 1. The van der Waals surface area contributed by atoms with Gasteiger partial charge in [-0.15, -0.1) is 0 Å². The third-order valence-corrected chi connectivity index (χ3v) is 5.82. The molecule has 4 rings (SSSR count). The Labute approximate surface area is 186 Å². The number of aromatic nitrogens is 1. The highest BCUT2D eigenvalue weighted by Crippen LogP contribution is 2.30. The number of hydrogen-bond donors (Lipinski definition) is 0. The molecule has 0 radical (unpaired) electrons. The number of nitrogens with zero attached hydrogens (tertiary/aromatic N) is 3. The molecule has 0 spiro atoms. The van der Waals surface area contributed by atoms with Gasteiger partial charge >= 0.3 is 0 Å². The van der Waals surface area contributed by atoms with Gasteiger partial charge in [0.05, 0.1) is 11.3 Å². The molecule has 5 nitrogen and oxygen atoms in total. The van der Waals surface area contributed by atoms with Crippen LogP contribution in [0.5, 0.6) is 5.75 Å². The van der Waals surface area contributed by atoms with E-state index in [4.69, 9.17) is 27.9 Å². The van der Waals surface area contributed by atoms with E-state index >= 15 is 0 Å². The van der Waals surface area contributed by atoms with Crippen LogP contribution < -0.4 is 4.74 Å². The zero-order valence-electron chi connectivity index (χ0n) is 16.6. The molecule has 1 aromatic carbocycles. The summed E-state index contributed by atoms with van der Waals surface area (Å²) < 4.78 is 5.54. The summed E-state index contributed by atoms with van der Waals surface area (Å²) in [5.74, 6) is 0.275. The first kappa shape index (κ1) is 20.9. The fraction of sp³-hybridized carbons (Fsp3) is 0.304. The predicted octanol–water partition coefficient (Wildman–Crippen LogP) is 5.18. The van der Waals surface area contributed by atoms with Crippen LogP contribution in [0, 0.1) is 0 Å². The van der Waals surface area contributed by atoms with E-state index in [-0.39, 0.29) is 11.1 Å². The number of benzene rings is 1. The van der Waals surface area contributed by atoms with Crippen molar-refractivity contribution in [3.8, 4) is 5.75 Å². The van der Waals surface area contributed by atoms with Crippen molar-refractivity contribution in [2.45, 2.75) is 19.3 Å². The monoisotopic (exact) mass is 443 g/mol. The highest BCUT2D eigenvalue weighted by molar-refractivity contribution is 6.32. The van der Waals surface area contributed by atoms with Crippen molar-refractivity contribution in [2.24, 2.45) is 0 Å². The molecule has 7 heteroatoms. The second-order valence-electron chi connectivity index (χ2n) is 7.37. The summed E-state index contributed by atoms with van der Waals surface area (Å²) in [5, 5.41) is 0.774. The smallest absolute Gasteiger partial charge is 0.262 e. The molecule has 0 fully saturated rings. The Morgan fingerprint density at radius 2 is 1.97 bits per heavy atom. The lowest BCUT2D eigenvalue weighted by molar-refractivity contribution is 0.0814. The number of pyridine rings is 1. The molecule has 2 aromatic rings. The largest absolute Gasteiger partial charge is 0.461 e. The van der Waals surface area contributed by atoms with E-state index in [1.165, 1.54) is 11.8 Å². The van der Waals surface area contributed by atoms with Crippen molar-refractivity contribution in [2.75, 3.05) is 26.2 Å². The molecule has 0 saturated carbocycles. The van der Waals surface area contributed by atoms with E-state index in [1.807, 2.05) is 18.3 Å². The average Bonchev–Trinajstić information content (AvgIpc) is 2.89. The molecular weight excluding hydrogens is 421 g/mol. The lowest BCUT2D eigenvalue weighted by Gasteiger charge is -2.27. The molecule has 2 aliphatic heterocycles. The van der Waals surface area contributed by atoms with Gasteiger partial charge in [0.2, 0.25) is 0 Å². The van der Waals surface area contributed by atoms with E-state index in [9.17, 15) is 4.79 Å². The normalized spacial score (nSPS) is 17.0. The molecule has 0 N–H and O–H groups in total. The second-order valence-corrected chi connectivity index (χ2v) is 8.20. The highest BCUT2D eigenvalue weighted by atomic mass is 35.5. The third-order valence-electron chi connectivity index (χ3n) is 5.29. The lowest BCUT2D eigenvalue weighted by atomic mass is 10.1. The van der Waals surface area contributed by atoms with Gasteiger partial charge in [0.1, 0.15) is 17.2 Å². The summed E-state index contributed by atoms with van der Waals surface area (Å²) in [6.45, 7) is 3.44. The molecule has 0 atom stereocenters. The summed E-state index contributed by atoms with van der Waals surface area (Å²) in [4.78, 5) is 21.4. The molecule has 0 saturated heterocycles. The highest BCUT2D eigenvalue weighted by Gasteiger charge is 2.25. The minimum absolute atomic E-state index is 0.190. The Morgan fingerprint density at radius 1 is 1.10 bits per heavy atom. The van der Waals surface area contributed by atoms with Crippen LogP contribution in [0.3, 0.4) is 0 Å². The van der Waals surface area contributed by atoms with E-state index in [0.717, 1.165) is 44.6 Å². The lowest BCUT2D eigenvalue weighted by Crippen LogP contribution is -2.32. The Kier molecular flexibility index (Phi) is 6.72. The summed E-state index contributed by atoms with van der Waals surface area (Å²) in [7, 11) is 0. The van der Waals surface area contributed by atoms with E-state index in [1.54, 1.807) is 23.1 Å². The van der Waals surface area contributed by atoms with E-state index in [0.29, 0.717) is 22.9 Å². The summed E-state index contributed by atoms with van der Waals surface area (Å²) in [5.41, 5.74) is 2.75. The zero-order chi connectivity index (χ0) is 20.9. The van der Waals surface area contributed by atoms with Gasteiger partial charge in [0.25, 0.3) is 5.91 Å². The predicted molar refractivity (Wildman–Crippen MR) is 120 cm³/mol.